The first-order chi connectivity index (χ1) is 6.17. The Morgan fingerprint density at radius 3 is 2.46 bits per heavy atom. The summed E-state index contributed by atoms with van der Waals surface area (Å²) in [7, 11) is 0. The third-order valence-corrected chi connectivity index (χ3v) is 2.49. The van der Waals surface area contributed by atoms with E-state index in [1.807, 2.05) is 6.92 Å². The number of hydrogen-bond acceptors (Lipinski definition) is 4. The van der Waals surface area contributed by atoms with Crippen LogP contribution in [-0.4, -0.2) is 47.2 Å². The Kier molecular flexibility index (Phi) is 4.12. The smallest absolute Gasteiger partial charge is 0.224 e. The van der Waals surface area contributed by atoms with Crippen molar-refractivity contribution in [2.45, 2.75) is 32.1 Å². The molecule has 0 aromatic rings. The van der Waals surface area contributed by atoms with E-state index in [0.717, 1.165) is 39.0 Å². The first-order valence-electron chi connectivity index (χ1n) is 5.07. The summed E-state index contributed by atoms with van der Waals surface area (Å²) in [6.45, 7) is 5.17. The molecule has 1 heterocycles. The minimum absolute atomic E-state index is 0.448. The van der Waals surface area contributed by atoms with Gasteiger partial charge in [-0.2, -0.15) is 0 Å². The molecule has 78 valence electrons. The lowest BCUT2D eigenvalue weighted by molar-refractivity contribution is -0.270. The van der Waals surface area contributed by atoms with Gasteiger partial charge in [0.15, 0.2) is 0 Å². The van der Waals surface area contributed by atoms with E-state index in [4.69, 9.17) is 0 Å². The molecule has 0 aromatic heterocycles. The lowest BCUT2D eigenvalue weighted by Crippen LogP contribution is -2.56. The Bertz CT molecular complexity index is 145. The predicted octanol–water partition coefficient (Wildman–Crippen LogP) is -0.280. The standard InChI is InChI=1S/C9H20N2O2/c1-2-3-4-9(12,13)11-7-5-10-6-8-11/h10,12-13H,2-8H2,1H3. The molecule has 0 aromatic carbocycles. The summed E-state index contributed by atoms with van der Waals surface area (Å²) >= 11 is 0. The molecule has 4 nitrogen and oxygen atoms in total. The van der Waals surface area contributed by atoms with Crippen LogP contribution in [0.3, 0.4) is 0 Å². The van der Waals surface area contributed by atoms with Gasteiger partial charge in [-0.3, -0.25) is 4.90 Å². The fourth-order valence-electron chi connectivity index (χ4n) is 1.60. The molecule has 1 aliphatic heterocycles. The molecule has 0 amide bonds. The number of rotatable bonds is 4. The van der Waals surface area contributed by atoms with Gasteiger partial charge in [-0.1, -0.05) is 13.3 Å². The van der Waals surface area contributed by atoms with E-state index in [-0.39, 0.29) is 0 Å². The van der Waals surface area contributed by atoms with Crippen LogP contribution in [-0.2, 0) is 0 Å². The van der Waals surface area contributed by atoms with E-state index in [1.54, 1.807) is 4.90 Å². The minimum atomic E-state index is -1.59. The monoisotopic (exact) mass is 188 g/mol. The van der Waals surface area contributed by atoms with Gasteiger partial charge in [-0.25, -0.2) is 0 Å². The molecule has 1 fully saturated rings. The third kappa shape index (κ3) is 3.23. The van der Waals surface area contributed by atoms with Crippen LogP contribution in [0.4, 0.5) is 0 Å². The third-order valence-electron chi connectivity index (χ3n) is 2.49. The summed E-state index contributed by atoms with van der Waals surface area (Å²) in [6, 6.07) is 0. The van der Waals surface area contributed by atoms with Crippen molar-refractivity contribution < 1.29 is 10.2 Å². The minimum Gasteiger partial charge on any atom is -0.353 e. The maximum absolute atomic E-state index is 9.72. The van der Waals surface area contributed by atoms with Crippen molar-refractivity contribution in [2.24, 2.45) is 0 Å². The lowest BCUT2D eigenvalue weighted by Gasteiger charge is -2.37. The van der Waals surface area contributed by atoms with E-state index in [0.29, 0.717) is 6.42 Å². The van der Waals surface area contributed by atoms with Crippen molar-refractivity contribution in [3.05, 3.63) is 0 Å². The van der Waals surface area contributed by atoms with Crippen LogP contribution in [0.5, 0.6) is 0 Å². The van der Waals surface area contributed by atoms with Crippen LogP contribution < -0.4 is 5.32 Å². The van der Waals surface area contributed by atoms with Crippen LogP contribution in [0.2, 0.25) is 0 Å². The molecule has 4 heteroatoms. The molecule has 0 saturated carbocycles. The summed E-state index contributed by atoms with van der Waals surface area (Å²) in [5.41, 5.74) is 0. The molecule has 0 spiro atoms. The van der Waals surface area contributed by atoms with Gasteiger partial charge < -0.3 is 15.5 Å². The van der Waals surface area contributed by atoms with Crippen molar-refractivity contribution in [3.8, 4) is 0 Å². The van der Waals surface area contributed by atoms with Gasteiger partial charge >= 0.3 is 0 Å². The summed E-state index contributed by atoms with van der Waals surface area (Å²) in [5.74, 6) is -1.59. The van der Waals surface area contributed by atoms with E-state index in [2.05, 4.69) is 5.32 Å². The van der Waals surface area contributed by atoms with Crippen LogP contribution in [0.25, 0.3) is 0 Å². The topological polar surface area (TPSA) is 55.7 Å². The van der Waals surface area contributed by atoms with E-state index in [9.17, 15) is 10.2 Å². The van der Waals surface area contributed by atoms with Crippen molar-refractivity contribution in [2.75, 3.05) is 26.2 Å². The molecular formula is C9H20N2O2. The number of nitrogens with zero attached hydrogens (tertiary/aromatic N) is 1. The molecule has 0 aliphatic carbocycles. The van der Waals surface area contributed by atoms with Crippen LogP contribution in [0.1, 0.15) is 26.2 Å². The van der Waals surface area contributed by atoms with Crippen molar-refractivity contribution in [1.29, 1.82) is 0 Å². The summed E-state index contributed by atoms with van der Waals surface area (Å²) in [4.78, 5) is 1.74. The number of piperazine rings is 1. The maximum Gasteiger partial charge on any atom is 0.224 e. The van der Waals surface area contributed by atoms with Crippen molar-refractivity contribution in [1.82, 2.24) is 10.2 Å². The Balaban J connectivity index is 2.36. The highest BCUT2D eigenvalue weighted by atomic mass is 16.5. The highest BCUT2D eigenvalue weighted by molar-refractivity contribution is 4.74. The molecule has 1 rings (SSSR count). The molecule has 1 aliphatic rings. The average molecular weight is 188 g/mol. The first kappa shape index (κ1) is 10.9. The zero-order valence-electron chi connectivity index (χ0n) is 8.29. The summed E-state index contributed by atoms with van der Waals surface area (Å²) in [5, 5.41) is 22.6. The normalized spacial score (nSPS) is 20.5. The van der Waals surface area contributed by atoms with E-state index < -0.39 is 5.91 Å². The number of hydrogen-bond donors (Lipinski definition) is 3. The van der Waals surface area contributed by atoms with Crippen molar-refractivity contribution in [3.63, 3.8) is 0 Å². The van der Waals surface area contributed by atoms with Gasteiger partial charge in [0.25, 0.3) is 0 Å². The number of aliphatic hydroxyl groups is 2. The Morgan fingerprint density at radius 1 is 1.31 bits per heavy atom. The molecule has 0 bridgehead atoms. The largest absolute Gasteiger partial charge is 0.353 e. The van der Waals surface area contributed by atoms with Crippen molar-refractivity contribution >= 4 is 0 Å². The zero-order chi connectivity index (χ0) is 9.73. The summed E-state index contributed by atoms with van der Waals surface area (Å²) in [6.07, 6.45) is 2.30. The predicted molar refractivity (Wildman–Crippen MR) is 51.1 cm³/mol. The molecule has 3 N–H and O–H groups in total. The SMILES string of the molecule is CCCCC(O)(O)N1CCNCC1. The molecule has 0 radical (unpaired) electrons. The second-order valence-corrected chi connectivity index (χ2v) is 3.61. The van der Waals surface area contributed by atoms with Gasteiger partial charge in [0.2, 0.25) is 5.91 Å². The Morgan fingerprint density at radius 2 is 1.92 bits per heavy atom. The second-order valence-electron chi connectivity index (χ2n) is 3.61. The van der Waals surface area contributed by atoms with Gasteiger partial charge in [-0.15, -0.1) is 0 Å². The molecule has 0 unspecified atom stereocenters. The fourth-order valence-corrected chi connectivity index (χ4v) is 1.60. The average Bonchev–Trinajstić information content (AvgIpc) is 2.16. The Hall–Kier alpha value is -0.160. The van der Waals surface area contributed by atoms with Crippen LogP contribution in [0.15, 0.2) is 0 Å². The first-order valence-corrected chi connectivity index (χ1v) is 5.07. The summed E-state index contributed by atoms with van der Waals surface area (Å²) < 4.78 is 0. The number of nitrogens with one attached hydrogen (secondary N) is 1. The highest BCUT2D eigenvalue weighted by Crippen LogP contribution is 2.16. The van der Waals surface area contributed by atoms with E-state index >= 15 is 0 Å². The maximum atomic E-state index is 9.72. The van der Waals surface area contributed by atoms with Gasteiger partial charge in [0, 0.05) is 32.6 Å². The lowest BCUT2D eigenvalue weighted by atomic mass is 10.1. The van der Waals surface area contributed by atoms with Gasteiger partial charge in [0.1, 0.15) is 0 Å². The second kappa shape index (κ2) is 4.91. The van der Waals surface area contributed by atoms with E-state index in [1.165, 1.54) is 0 Å². The Labute approximate surface area is 79.6 Å². The molecule has 1 saturated heterocycles. The number of unbranched alkanes of at least 4 members (excludes halogenated alkanes) is 1. The molecule has 13 heavy (non-hydrogen) atoms. The van der Waals surface area contributed by atoms with Crippen LogP contribution >= 0.6 is 0 Å². The zero-order valence-corrected chi connectivity index (χ0v) is 8.29. The van der Waals surface area contributed by atoms with Gasteiger partial charge in [-0.05, 0) is 6.42 Å². The molecular weight excluding hydrogens is 168 g/mol. The quantitative estimate of drug-likeness (QED) is 0.531. The molecule has 0 atom stereocenters. The highest BCUT2D eigenvalue weighted by Gasteiger charge is 2.31. The van der Waals surface area contributed by atoms with Gasteiger partial charge in [0.05, 0.1) is 0 Å². The fraction of sp³-hybridized carbons (Fsp3) is 1.00. The van der Waals surface area contributed by atoms with Crippen LogP contribution in [0, 0.1) is 0 Å².